The third kappa shape index (κ3) is 1.64. The van der Waals surface area contributed by atoms with Gasteiger partial charge in [-0.25, -0.2) is 9.37 Å². The van der Waals surface area contributed by atoms with E-state index < -0.39 is 11.8 Å². The summed E-state index contributed by atoms with van der Waals surface area (Å²) in [5, 5.41) is -0.334. The number of nitrogens with two attached hydrogens (primary N) is 1. The minimum Gasteiger partial charge on any atom is -0.325 e. The van der Waals surface area contributed by atoms with Gasteiger partial charge in [-0.1, -0.05) is 11.6 Å². The summed E-state index contributed by atoms with van der Waals surface area (Å²) in [5.41, 5.74) is 4.94. The number of aromatic nitrogens is 1. The summed E-state index contributed by atoms with van der Waals surface area (Å²) in [7, 11) is 0. The van der Waals surface area contributed by atoms with Gasteiger partial charge in [-0.3, -0.25) is 0 Å². The summed E-state index contributed by atoms with van der Waals surface area (Å²) in [6, 6.07) is 0.853. The Bertz CT molecular complexity index is 278. The molecule has 0 bridgehead atoms. The SMILES string of the molecule is NCc1nc(F)c(Cl)cc1F. The molecule has 1 rings (SSSR count). The van der Waals surface area contributed by atoms with E-state index in [0.29, 0.717) is 0 Å². The van der Waals surface area contributed by atoms with Gasteiger partial charge >= 0.3 is 0 Å². The third-order valence-corrected chi connectivity index (χ3v) is 1.42. The fourth-order valence-corrected chi connectivity index (χ4v) is 0.761. The quantitative estimate of drug-likeness (QED) is 0.662. The van der Waals surface area contributed by atoms with Crippen LogP contribution in [-0.2, 0) is 6.54 Å². The third-order valence-electron chi connectivity index (χ3n) is 1.15. The van der Waals surface area contributed by atoms with Crippen molar-refractivity contribution in [3.05, 3.63) is 28.5 Å². The maximum Gasteiger partial charge on any atom is 0.232 e. The summed E-state index contributed by atoms with van der Waals surface area (Å²) in [4.78, 5) is 3.19. The van der Waals surface area contributed by atoms with Crippen molar-refractivity contribution >= 4 is 11.6 Å². The maximum atomic E-state index is 12.6. The van der Waals surface area contributed by atoms with Gasteiger partial charge in [0.25, 0.3) is 0 Å². The molecule has 0 radical (unpaired) electrons. The lowest BCUT2D eigenvalue weighted by atomic mass is 10.3. The van der Waals surface area contributed by atoms with Gasteiger partial charge in [0.05, 0.1) is 10.7 Å². The first-order valence-electron chi connectivity index (χ1n) is 2.85. The highest BCUT2D eigenvalue weighted by molar-refractivity contribution is 6.30. The van der Waals surface area contributed by atoms with Gasteiger partial charge in [-0.15, -0.1) is 0 Å². The van der Waals surface area contributed by atoms with Crippen LogP contribution in [0.1, 0.15) is 5.69 Å². The highest BCUT2D eigenvalue weighted by Crippen LogP contribution is 2.15. The second kappa shape index (κ2) is 3.11. The normalized spacial score (nSPS) is 10.2. The molecular weight excluding hydrogens is 174 g/mol. The molecular formula is C6H5ClF2N2. The molecule has 0 aliphatic rings. The van der Waals surface area contributed by atoms with Crippen molar-refractivity contribution in [1.82, 2.24) is 4.98 Å². The summed E-state index contributed by atoms with van der Waals surface area (Å²) in [6.07, 6.45) is 0. The van der Waals surface area contributed by atoms with Crippen LogP contribution in [0.3, 0.4) is 0 Å². The Morgan fingerprint density at radius 1 is 1.55 bits per heavy atom. The van der Waals surface area contributed by atoms with Gasteiger partial charge in [-0.2, -0.15) is 4.39 Å². The molecule has 0 amide bonds. The van der Waals surface area contributed by atoms with Crippen molar-refractivity contribution in [1.29, 1.82) is 0 Å². The molecule has 0 aliphatic heterocycles. The lowest BCUT2D eigenvalue weighted by Crippen LogP contribution is -2.04. The standard InChI is InChI=1S/C6H5ClF2N2/c7-3-1-4(8)5(2-10)11-6(3)9/h1H,2,10H2. The molecule has 1 aromatic rings. The van der Waals surface area contributed by atoms with Crippen LogP contribution in [0.4, 0.5) is 8.78 Å². The number of rotatable bonds is 1. The Balaban J connectivity index is 3.21. The molecule has 0 atom stereocenters. The Kier molecular flexibility index (Phi) is 2.36. The van der Waals surface area contributed by atoms with Crippen LogP contribution in [0.5, 0.6) is 0 Å². The molecule has 5 heteroatoms. The molecule has 2 nitrogen and oxygen atoms in total. The van der Waals surface area contributed by atoms with Crippen molar-refractivity contribution in [2.24, 2.45) is 5.73 Å². The molecule has 0 unspecified atom stereocenters. The van der Waals surface area contributed by atoms with E-state index in [1.54, 1.807) is 0 Å². The fourth-order valence-electron chi connectivity index (χ4n) is 0.623. The molecule has 0 aliphatic carbocycles. The van der Waals surface area contributed by atoms with Gasteiger partial charge in [0, 0.05) is 6.54 Å². The van der Waals surface area contributed by atoms with E-state index in [-0.39, 0.29) is 17.3 Å². The van der Waals surface area contributed by atoms with Crippen LogP contribution in [0, 0.1) is 11.8 Å². The van der Waals surface area contributed by atoms with Crippen LogP contribution >= 0.6 is 11.6 Å². The highest BCUT2D eigenvalue weighted by atomic mass is 35.5. The number of hydrogen-bond donors (Lipinski definition) is 1. The lowest BCUT2D eigenvalue weighted by Gasteiger charge is -1.98. The Labute approximate surface area is 67.0 Å². The first-order valence-corrected chi connectivity index (χ1v) is 3.23. The largest absolute Gasteiger partial charge is 0.325 e. The predicted molar refractivity (Wildman–Crippen MR) is 37.1 cm³/mol. The minimum atomic E-state index is -0.895. The molecule has 0 spiro atoms. The molecule has 0 aromatic carbocycles. The molecule has 0 saturated carbocycles. The summed E-state index contributed by atoms with van der Waals surface area (Å²) in [5.74, 6) is -1.58. The van der Waals surface area contributed by atoms with E-state index in [4.69, 9.17) is 17.3 Å². The van der Waals surface area contributed by atoms with E-state index in [1.165, 1.54) is 0 Å². The second-order valence-electron chi connectivity index (χ2n) is 1.89. The molecule has 1 heterocycles. The van der Waals surface area contributed by atoms with Crippen molar-refractivity contribution in [3.8, 4) is 0 Å². The number of nitrogens with zero attached hydrogens (tertiary/aromatic N) is 1. The molecule has 11 heavy (non-hydrogen) atoms. The van der Waals surface area contributed by atoms with E-state index in [0.717, 1.165) is 6.07 Å². The fraction of sp³-hybridized carbons (Fsp3) is 0.167. The van der Waals surface area contributed by atoms with Crippen molar-refractivity contribution < 1.29 is 8.78 Å². The van der Waals surface area contributed by atoms with Gasteiger partial charge in [0.1, 0.15) is 5.82 Å². The minimum absolute atomic E-state index is 0.119. The number of halogens is 3. The first kappa shape index (κ1) is 8.36. The second-order valence-corrected chi connectivity index (χ2v) is 2.30. The molecule has 2 N–H and O–H groups in total. The smallest absolute Gasteiger partial charge is 0.232 e. The molecule has 0 saturated heterocycles. The van der Waals surface area contributed by atoms with Crippen molar-refractivity contribution in [2.75, 3.05) is 0 Å². The monoisotopic (exact) mass is 178 g/mol. The van der Waals surface area contributed by atoms with Crippen molar-refractivity contribution in [3.63, 3.8) is 0 Å². The summed E-state index contributed by atoms with van der Waals surface area (Å²) in [6.45, 7) is -0.139. The Morgan fingerprint density at radius 3 is 2.73 bits per heavy atom. The average molecular weight is 179 g/mol. The zero-order valence-electron chi connectivity index (χ0n) is 5.44. The van der Waals surface area contributed by atoms with E-state index in [9.17, 15) is 8.78 Å². The zero-order chi connectivity index (χ0) is 8.43. The van der Waals surface area contributed by atoms with Crippen molar-refractivity contribution in [2.45, 2.75) is 6.54 Å². The molecule has 1 aromatic heterocycles. The van der Waals surface area contributed by atoms with Crippen LogP contribution in [0.2, 0.25) is 5.02 Å². The summed E-state index contributed by atoms with van der Waals surface area (Å²) < 4.78 is 25.1. The lowest BCUT2D eigenvalue weighted by molar-refractivity contribution is 0.543. The summed E-state index contributed by atoms with van der Waals surface area (Å²) >= 11 is 5.22. The van der Waals surface area contributed by atoms with Gasteiger partial charge in [-0.05, 0) is 6.07 Å². The van der Waals surface area contributed by atoms with Crippen LogP contribution in [-0.4, -0.2) is 4.98 Å². The number of hydrogen-bond acceptors (Lipinski definition) is 2. The van der Waals surface area contributed by atoms with Gasteiger partial charge < -0.3 is 5.73 Å². The molecule has 0 fully saturated rings. The van der Waals surface area contributed by atoms with Crippen LogP contribution < -0.4 is 5.73 Å². The van der Waals surface area contributed by atoms with Crippen LogP contribution in [0.25, 0.3) is 0 Å². The first-order chi connectivity index (χ1) is 5.15. The Hall–Kier alpha value is -0.740. The van der Waals surface area contributed by atoms with Crippen LogP contribution in [0.15, 0.2) is 6.07 Å². The predicted octanol–water partition coefficient (Wildman–Crippen LogP) is 1.47. The highest BCUT2D eigenvalue weighted by Gasteiger charge is 2.07. The van der Waals surface area contributed by atoms with E-state index >= 15 is 0 Å². The topological polar surface area (TPSA) is 38.9 Å². The average Bonchev–Trinajstić information content (AvgIpc) is 1.97. The Morgan fingerprint density at radius 2 is 2.18 bits per heavy atom. The van der Waals surface area contributed by atoms with Gasteiger partial charge in [0.2, 0.25) is 5.95 Å². The molecule has 60 valence electrons. The number of pyridine rings is 1. The maximum absolute atomic E-state index is 12.6. The van der Waals surface area contributed by atoms with Gasteiger partial charge in [0.15, 0.2) is 0 Å². The van der Waals surface area contributed by atoms with E-state index in [1.807, 2.05) is 0 Å². The van der Waals surface area contributed by atoms with E-state index in [2.05, 4.69) is 4.98 Å². The zero-order valence-corrected chi connectivity index (χ0v) is 6.20.